The van der Waals surface area contributed by atoms with Crippen LogP contribution in [-0.2, 0) is 17.8 Å². The molecule has 0 radical (unpaired) electrons. The van der Waals surface area contributed by atoms with E-state index in [1.807, 2.05) is 25.1 Å². The Morgan fingerprint density at radius 1 is 0.968 bits per heavy atom. The number of carbonyl (C=O) groups is 1. The summed E-state index contributed by atoms with van der Waals surface area (Å²) in [4.78, 5) is 17.3. The van der Waals surface area contributed by atoms with E-state index in [2.05, 4.69) is 33.3 Å². The van der Waals surface area contributed by atoms with E-state index < -0.39 is 0 Å². The molecular weight excluding hydrogens is 394 g/mol. The summed E-state index contributed by atoms with van der Waals surface area (Å²) in [6.07, 6.45) is 1.01. The van der Waals surface area contributed by atoms with Gasteiger partial charge in [-0.25, -0.2) is 0 Å². The van der Waals surface area contributed by atoms with Crippen molar-refractivity contribution in [2.24, 2.45) is 0 Å². The van der Waals surface area contributed by atoms with Gasteiger partial charge >= 0.3 is 0 Å². The molecule has 2 aromatic rings. The van der Waals surface area contributed by atoms with Crippen LogP contribution in [0.5, 0.6) is 17.2 Å². The quantitative estimate of drug-likeness (QED) is 0.770. The molecule has 2 aromatic carbocycles. The van der Waals surface area contributed by atoms with Crippen molar-refractivity contribution in [1.82, 2.24) is 15.1 Å². The monoisotopic (exact) mass is 423 g/mol. The minimum Gasteiger partial charge on any atom is -0.493 e. The van der Waals surface area contributed by atoms with Crippen LogP contribution in [0.4, 0.5) is 0 Å². The largest absolute Gasteiger partial charge is 0.493 e. The third-order valence-electron chi connectivity index (χ3n) is 6.27. The standard InChI is InChI=1S/C24H29N3O4/c1-17(19-3-5-22-23(13-19)31-16-30-22)25-24(28)15-27-9-7-26(8-10-27)14-18-2-4-21-20(12-18)6-11-29-21/h2-5,12-13,17H,6-11,14-16H2,1H3,(H,25,28). The van der Waals surface area contributed by atoms with Gasteiger partial charge in [0.25, 0.3) is 0 Å². The molecule has 1 fully saturated rings. The van der Waals surface area contributed by atoms with Crippen LogP contribution in [-0.4, -0.2) is 61.8 Å². The van der Waals surface area contributed by atoms with Crippen LogP contribution >= 0.6 is 0 Å². The molecule has 3 aliphatic rings. The van der Waals surface area contributed by atoms with Gasteiger partial charge in [-0.1, -0.05) is 18.2 Å². The highest BCUT2D eigenvalue weighted by Crippen LogP contribution is 2.34. The average molecular weight is 424 g/mol. The van der Waals surface area contributed by atoms with Gasteiger partial charge < -0.3 is 19.5 Å². The van der Waals surface area contributed by atoms with Crippen molar-refractivity contribution in [1.29, 1.82) is 0 Å². The van der Waals surface area contributed by atoms with Gasteiger partial charge in [0.15, 0.2) is 11.5 Å². The van der Waals surface area contributed by atoms with Gasteiger partial charge in [-0.3, -0.25) is 14.6 Å². The lowest BCUT2D eigenvalue weighted by molar-refractivity contribution is -0.123. The molecule has 1 atom stereocenters. The topological polar surface area (TPSA) is 63.3 Å². The SMILES string of the molecule is CC(NC(=O)CN1CCN(Cc2ccc3c(c2)CCO3)CC1)c1ccc2c(c1)OCO2. The maximum Gasteiger partial charge on any atom is 0.234 e. The smallest absolute Gasteiger partial charge is 0.234 e. The number of rotatable bonds is 6. The summed E-state index contributed by atoms with van der Waals surface area (Å²) in [7, 11) is 0. The van der Waals surface area contributed by atoms with Gasteiger partial charge in [0, 0.05) is 39.1 Å². The van der Waals surface area contributed by atoms with Crippen LogP contribution in [0, 0.1) is 0 Å². The second-order valence-corrected chi connectivity index (χ2v) is 8.49. The minimum atomic E-state index is -0.0768. The van der Waals surface area contributed by atoms with E-state index in [4.69, 9.17) is 14.2 Å². The predicted octanol–water partition coefficient (Wildman–Crippen LogP) is 2.35. The zero-order valence-corrected chi connectivity index (χ0v) is 17.9. The molecule has 1 N–H and O–H groups in total. The first kappa shape index (κ1) is 20.2. The van der Waals surface area contributed by atoms with Crippen molar-refractivity contribution in [2.45, 2.75) is 25.9 Å². The third kappa shape index (κ3) is 4.62. The highest BCUT2D eigenvalue weighted by atomic mass is 16.7. The Morgan fingerprint density at radius 2 is 1.74 bits per heavy atom. The highest BCUT2D eigenvalue weighted by Gasteiger charge is 2.22. The minimum absolute atomic E-state index is 0.0530. The zero-order chi connectivity index (χ0) is 21.2. The Hall–Kier alpha value is -2.77. The summed E-state index contributed by atoms with van der Waals surface area (Å²) >= 11 is 0. The van der Waals surface area contributed by atoms with Gasteiger partial charge in [-0.15, -0.1) is 0 Å². The van der Waals surface area contributed by atoms with Crippen LogP contribution < -0.4 is 19.5 Å². The van der Waals surface area contributed by atoms with Crippen molar-refractivity contribution in [3.05, 3.63) is 53.1 Å². The number of hydrogen-bond acceptors (Lipinski definition) is 6. The molecule has 164 valence electrons. The lowest BCUT2D eigenvalue weighted by Gasteiger charge is -2.34. The second kappa shape index (κ2) is 8.77. The van der Waals surface area contributed by atoms with Gasteiger partial charge in [0.2, 0.25) is 12.7 Å². The molecular formula is C24H29N3O4. The normalized spacial score (nSPS) is 19.0. The van der Waals surface area contributed by atoms with Crippen molar-refractivity contribution in [3.63, 3.8) is 0 Å². The molecule has 0 bridgehead atoms. The molecule has 31 heavy (non-hydrogen) atoms. The van der Waals surface area contributed by atoms with E-state index in [1.165, 1.54) is 11.1 Å². The van der Waals surface area contributed by atoms with E-state index in [0.717, 1.165) is 68.6 Å². The Balaban J connectivity index is 1.07. The van der Waals surface area contributed by atoms with Gasteiger partial charge in [-0.05, 0) is 41.8 Å². The molecule has 0 saturated carbocycles. The molecule has 3 heterocycles. The van der Waals surface area contributed by atoms with Crippen molar-refractivity contribution < 1.29 is 19.0 Å². The highest BCUT2D eigenvalue weighted by molar-refractivity contribution is 5.78. The molecule has 3 aliphatic heterocycles. The molecule has 1 unspecified atom stereocenters. The summed E-state index contributed by atoms with van der Waals surface area (Å²) in [6, 6.07) is 12.3. The fourth-order valence-corrected chi connectivity index (χ4v) is 4.46. The number of amides is 1. The van der Waals surface area contributed by atoms with Crippen LogP contribution in [0.3, 0.4) is 0 Å². The van der Waals surface area contributed by atoms with Gasteiger partial charge in [0.05, 0.1) is 19.2 Å². The van der Waals surface area contributed by atoms with E-state index in [0.29, 0.717) is 6.54 Å². The van der Waals surface area contributed by atoms with Crippen molar-refractivity contribution in [2.75, 3.05) is 46.1 Å². The maximum atomic E-state index is 12.6. The van der Waals surface area contributed by atoms with Crippen LogP contribution in [0.1, 0.15) is 29.7 Å². The molecule has 1 amide bonds. The predicted molar refractivity (Wildman–Crippen MR) is 116 cm³/mol. The fourth-order valence-electron chi connectivity index (χ4n) is 4.46. The van der Waals surface area contributed by atoms with E-state index in [1.54, 1.807) is 0 Å². The number of nitrogens with one attached hydrogen (secondary N) is 1. The Kier molecular flexibility index (Phi) is 5.70. The zero-order valence-electron chi connectivity index (χ0n) is 17.9. The van der Waals surface area contributed by atoms with Crippen LogP contribution in [0.25, 0.3) is 0 Å². The number of nitrogens with zero attached hydrogens (tertiary/aromatic N) is 2. The summed E-state index contributed by atoms with van der Waals surface area (Å²) < 4.78 is 16.4. The first-order valence-corrected chi connectivity index (χ1v) is 11.0. The number of fused-ring (bicyclic) bond motifs is 2. The summed E-state index contributed by atoms with van der Waals surface area (Å²) in [5, 5.41) is 3.11. The molecule has 0 aromatic heterocycles. The lowest BCUT2D eigenvalue weighted by Crippen LogP contribution is -2.49. The van der Waals surface area contributed by atoms with E-state index in [-0.39, 0.29) is 18.7 Å². The Morgan fingerprint density at radius 3 is 2.61 bits per heavy atom. The van der Waals surface area contributed by atoms with Crippen molar-refractivity contribution >= 4 is 5.91 Å². The number of benzene rings is 2. The van der Waals surface area contributed by atoms with Crippen LogP contribution in [0.2, 0.25) is 0 Å². The second-order valence-electron chi connectivity index (χ2n) is 8.49. The summed E-state index contributed by atoms with van der Waals surface area (Å²) in [5.41, 5.74) is 3.68. The first-order chi connectivity index (χ1) is 15.1. The average Bonchev–Trinajstić information content (AvgIpc) is 3.43. The molecule has 0 spiro atoms. The Bertz CT molecular complexity index is 956. The van der Waals surface area contributed by atoms with E-state index in [9.17, 15) is 4.79 Å². The molecule has 5 rings (SSSR count). The summed E-state index contributed by atoms with van der Waals surface area (Å²) in [6.45, 7) is 8.18. The molecule has 7 nitrogen and oxygen atoms in total. The Labute approximate surface area is 182 Å². The third-order valence-corrected chi connectivity index (χ3v) is 6.27. The van der Waals surface area contributed by atoms with E-state index >= 15 is 0 Å². The molecule has 7 heteroatoms. The number of piperazine rings is 1. The van der Waals surface area contributed by atoms with Crippen LogP contribution in [0.15, 0.2) is 36.4 Å². The van der Waals surface area contributed by atoms with Gasteiger partial charge in [0.1, 0.15) is 5.75 Å². The number of carbonyl (C=O) groups excluding carboxylic acids is 1. The summed E-state index contributed by atoms with van der Waals surface area (Å²) in [5.74, 6) is 2.59. The molecule has 0 aliphatic carbocycles. The van der Waals surface area contributed by atoms with Crippen molar-refractivity contribution in [3.8, 4) is 17.2 Å². The van der Waals surface area contributed by atoms with Gasteiger partial charge in [-0.2, -0.15) is 0 Å². The maximum absolute atomic E-state index is 12.6. The lowest BCUT2D eigenvalue weighted by atomic mass is 10.1. The fraction of sp³-hybridized carbons (Fsp3) is 0.458. The number of hydrogen-bond donors (Lipinski definition) is 1. The first-order valence-electron chi connectivity index (χ1n) is 11.0. The molecule has 1 saturated heterocycles. The number of ether oxygens (including phenoxy) is 3.